The normalized spacial score (nSPS) is 24.2. The molecule has 2 rings (SSSR count). The molecule has 1 aliphatic rings. The van der Waals surface area contributed by atoms with Gasteiger partial charge in [-0.1, -0.05) is 31.0 Å². The van der Waals surface area contributed by atoms with Gasteiger partial charge in [-0.05, 0) is 48.9 Å². The minimum atomic E-state index is -0.333. The van der Waals surface area contributed by atoms with Crippen molar-refractivity contribution in [2.24, 2.45) is 11.8 Å². The first-order valence-corrected chi connectivity index (χ1v) is 6.67. The van der Waals surface area contributed by atoms with E-state index in [0.717, 1.165) is 30.5 Å². The SMILES string of the molecule is CC1CCC(CNCc2ccc(Cl)c(F)c2)C1. The number of rotatable bonds is 4. The third-order valence-corrected chi connectivity index (χ3v) is 3.86. The van der Waals surface area contributed by atoms with Crippen molar-refractivity contribution < 1.29 is 4.39 Å². The van der Waals surface area contributed by atoms with Crippen LogP contribution in [0.3, 0.4) is 0 Å². The van der Waals surface area contributed by atoms with Crippen LogP contribution in [0.5, 0.6) is 0 Å². The summed E-state index contributed by atoms with van der Waals surface area (Å²) in [5.41, 5.74) is 0.956. The second-order valence-electron chi connectivity index (χ2n) is 5.16. The Bertz CT molecular complexity index is 380. The van der Waals surface area contributed by atoms with Gasteiger partial charge in [0.2, 0.25) is 0 Å². The van der Waals surface area contributed by atoms with Crippen molar-refractivity contribution in [2.45, 2.75) is 32.7 Å². The van der Waals surface area contributed by atoms with Gasteiger partial charge in [-0.3, -0.25) is 0 Å². The predicted molar refractivity (Wildman–Crippen MR) is 69.6 cm³/mol. The molecule has 1 saturated carbocycles. The standard InChI is InChI=1S/C14H19ClFN/c1-10-2-3-11(6-10)8-17-9-12-4-5-13(15)14(16)7-12/h4-5,7,10-11,17H,2-3,6,8-9H2,1H3. The lowest BCUT2D eigenvalue weighted by Gasteiger charge is -2.11. The lowest BCUT2D eigenvalue weighted by atomic mass is 10.1. The van der Waals surface area contributed by atoms with E-state index in [1.165, 1.54) is 25.3 Å². The van der Waals surface area contributed by atoms with E-state index in [0.29, 0.717) is 0 Å². The van der Waals surface area contributed by atoms with Crippen molar-refractivity contribution in [1.29, 1.82) is 0 Å². The topological polar surface area (TPSA) is 12.0 Å². The molecule has 0 heterocycles. The van der Waals surface area contributed by atoms with Crippen molar-refractivity contribution in [3.63, 3.8) is 0 Å². The monoisotopic (exact) mass is 255 g/mol. The highest BCUT2D eigenvalue weighted by molar-refractivity contribution is 6.30. The Morgan fingerprint density at radius 3 is 2.88 bits per heavy atom. The molecule has 2 atom stereocenters. The zero-order valence-corrected chi connectivity index (χ0v) is 10.9. The van der Waals surface area contributed by atoms with Gasteiger partial charge in [-0.25, -0.2) is 4.39 Å². The van der Waals surface area contributed by atoms with Gasteiger partial charge < -0.3 is 5.32 Å². The molecule has 0 radical (unpaired) electrons. The summed E-state index contributed by atoms with van der Waals surface area (Å²) in [6.07, 6.45) is 3.99. The molecule has 1 fully saturated rings. The Morgan fingerprint density at radius 2 is 2.24 bits per heavy atom. The summed E-state index contributed by atoms with van der Waals surface area (Å²) in [7, 11) is 0. The summed E-state index contributed by atoms with van der Waals surface area (Å²) < 4.78 is 13.2. The minimum Gasteiger partial charge on any atom is -0.312 e. The van der Waals surface area contributed by atoms with Crippen molar-refractivity contribution in [1.82, 2.24) is 5.32 Å². The van der Waals surface area contributed by atoms with Crippen LogP contribution in [-0.4, -0.2) is 6.54 Å². The number of hydrogen-bond acceptors (Lipinski definition) is 1. The van der Waals surface area contributed by atoms with E-state index in [-0.39, 0.29) is 10.8 Å². The average molecular weight is 256 g/mol. The van der Waals surface area contributed by atoms with Gasteiger partial charge in [0.15, 0.2) is 0 Å². The molecule has 94 valence electrons. The molecule has 0 saturated heterocycles. The van der Waals surface area contributed by atoms with Crippen LogP contribution in [0.1, 0.15) is 31.7 Å². The van der Waals surface area contributed by atoms with E-state index in [9.17, 15) is 4.39 Å². The highest BCUT2D eigenvalue weighted by Gasteiger charge is 2.20. The molecule has 0 amide bonds. The van der Waals surface area contributed by atoms with Gasteiger partial charge in [-0.2, -0.15) is 0 Å². The predicted octanol–water partition coefficient (Wildman–Crippen LogP) is 4.00. The van der Waals surface area contributed by atoms with E-state index < -0.39 is 0 Å². The zero-order chi connectivity index (χ0) is 12.3. The highest BCUT2D eigenvalue weighted by Crippen LogP contribution is 2.29. The van der Waals surface area contributed by atoms with E-state index >= 15 is 0 Å². The van der Waals surface area contributed by atoms with Gasteiger partial charge in [0.05, 0.1) is 5.02 Å². The van der Waals surface area contributed by atoms with Crippen LogP contribution in [0.15, 0.2) is 18.2 Å². The number of halogens is 2. The van der Waals surface area contributed by atoms with E-state index in [2.05, 4.69) is 12.2 Å². The number of benzene rings is 1. The minimum absolute atomic E-state index is 0.193. The first-order valence-electron chi connectivity index (χ1n) is 6.30. The van der Waals surface area contributed by atoms with Gasteiger partial charge in [0, 0.05) is 6.54 Å². The Balaban J connectivity index is 1.76. The second-order valence-corrected chi connectivity index (χ2v) is 5.57. The zero-order valence-electron chi connectivity index (χ0n) is 10.2. The molecule has 0 spiro atoms. The third-order valence-electron chi connectivity index (χ3n) is 3.55. The molecule has 1 aliphatic carbocycles. The highest BCUT2D eigenvalue weighted by atomic mass is 35.5. The molecule has 1 aromatic rings. The second kappa shape index (κ2) is 5.83. The molecule has 0 aliphatic heterocycles. The fraction of sp³-hybridized carbons (Fsp3) is 0.571. The maximum absolute atomic E-state index is 13.2. The fourth-order valence-corrected chi connectivity index (χ4v) is 2.70. The lowest BCUT2D eigenvalue weighted by Crippen LogP contribution is -2.21. The van der Waals surface area contributed by atoms with Crippen molar-refractivity contribution in [3.05, 3.63) is 34.6 Å². The molecular weight excluding hydrogens is 237 g/mol. The van der Waals surface area contributed by atoms with Crippen LogP contribution in [0.4, 0.5) is 4.39 Å². The summed E-state index contributed by atoms with van der Waals surface area (Å²) in [5.74, 6) is 1.33. The fourth-order valence-electron chi connectivity index (χ4n) is 2.58. The maximum atomic E-state index is 13.2. The largest absolute Gasteiger partial charge is 0.312 e. The molecule has 2 unspecified atom stereocenters. The quantitative estimate of drug-likeness (QED) is 0.857. The van der Waals surface area contributed by atoms with E-state index in [1.807, 2.05) is 6.07 Å². The van der Waals surface area contributed by atoms with E-state index in [1.54, 1.807) is 6.07 Å². The smallest absolute Gasteiger partial charge is 0.142 e. The van der Waals surface area contributed by atoms with Crippen LogP contribution >= 0.6 is 11.6 Å². The third kappa shape index (κ3) is 3.68. The van der Waals surface area contributed by atoms with Gasteiger partial charge in [0.1, 0.15) is 5.82 Å². The van der Waals surface area contributed by atoms with Gasteiger partial charge in [-0.15, -0.1) is 0 Å². The molecule has 3 heteroatoms. The number of hydrogen-bond donors (Lipinski definition) is 1. The summed E-state index contributed by atoms with van der Waals surface area (Å²) in [6, 6.07) is 4.99. The van der Waals surface area contributed by atoms with Gasteiger partial charge >= 0.3 is 0 Å². The molecule has 1 aromatic carbocycles. The Labute approximate surface area is 107 Å². The van der Waals surface area contributed by atoms with Crippen LogP contribution < -0.4 is 5.32 Å². The van der Waals surface area contributed by atoms with Crippen LogP contribution in [0.2, 0.25) is 5.02 Å². The molecule has 17 heavy (non-hydrogen) atoms. The molecule has 1 N–H and O–H groups in total. The Hall–Kier alpha value is -0.600. The van der Waals surface area contributed by atoms with Crippen LogP contribution in [-0.2, 0) is 6.54 Å². The maximum Gasteiger partial charge on any atom is 0.142 e. The van der Waals surface area contributed by atoms with Crippen molar-refractivity contribution in [3.8, 4) is 0 Å². The molecule has 0 bridgehead atoms. The molecule has 1 nitrogen and oxygen atoms in total. The molecule has 0 aromatic heterocycles. The van der Waals surface area contributed by atoms with E-state index in [4.69, 9.17) is 11.6 Å². The van der Waals surface area contributed by atoms with Crippen LogP contribution in [0.25, 0.3) is 0 Å². The lowest BCUT2D eigenvalue weighted by molar-refractivity contribution is 0.470. The number of nitrogens with one attached hydrogen (secondary N) is 1. The average Bonchev–Trinajstić information content (AvgIpc) is 2.70. The van der Waals surface area contributed by atoms with Crippen LogP contribution in [0, 0.1) is 17.7 Å². The summed E-state index contributed by atoms with van der Waals surface area (Å²) in [6.45, 7) is 4.07. The summed E-state index contributed by atoms with van der Waals surface area (Å²) >= 11 is 5.64. The Morgan fingerprint density at radius 1 is 1.41 bits per heavy atom. The Kier molecular flexibility index (Phi) is 4.41. The van der Waals surface area contributed by atoms with Crippen molar-refractivity contribution >= 4 is 11.6 Å². The van der Waals surface area contributed by atoms with Gasteiger partial charge in [0.25, 0.3) is 0 Å². The first-order chi connectivity index (χ1) is 8.15. The summed E-state index contributed by atoms with van der Waals surface area (Å²) in [4.78, 5) is 0. The molecular formula is C14H19ClFN. The van der Waals surface area contributed by atoms with Crippen molar-refractivity contribution in [2.75, 3.05) is 6.54 Å². The summed E-state index contributed by atoms with van der Waals surface area (Å²) in [5, 5.41) is 3.59. The first kappa shape index (κ1) is 12.8.